The minimum atomic E-state index is 0.212. The fraction of sp³-hybridized carbons (Fsp3) is 0.438. The van der Waals surface area contributed by atoms with Crippen LogP contribution < -0.4 is 5.32 Å². The molecule has 0 unspecified atom stereocenters. The van der Waals surface area contributed by atoms with Gasteiger partial charge in [0.1, 0.15) is 11.6 Å². The van der Waals surface area contributed by atoms with Crippen LogP contribution in [0.15, 0.2) is 31.0 Å². The van der Waals surface area contributed by atoms with Crippen molar-refractivity contribution in [2.24, 2.45) is 0 Å². The van der Waals surface area contributed by atoms with Crippen molar-refractivity contribution in [1.29, 1.82) is 0 Å². The molecule has 2 aromatic heterocycles. The molecule has 23 heavy (non-hydrogen) atoms. The summed E-state index contributed by atoms with van der Waals surface area (Å²) < 4.78 is 0. The van der Waals surface area contributed by atoms with Gasteiger partial charge < -0.3 is 10.2 Å². The Kier molecular flexibility index (Phi) is 4.75. The average molecular weight is 312 g/mol. The van der Waals surface area contributed by atoms with Crippen LogP contribution in [0.1, 0.15) is 37.8 Å². The van der Waals surface area contributed by atoms with Crippen LogP contribution in [0.4, 0.5) is 11.6 Å². The Morgan fingerprint density at radius 3 is 2.78 bits per heavy atom. The first-order chi connectivity index (χ1) is 11.3. The lowest BCUT2D eigenvalue weighted by Gasteiger charge is -2.32. The zero-order valence-electron chi connectivity index (χ0n) is 13.1. The van der Waals surface area contributed by atoms with Gasteiger partial charge in [0.25, 0.3) is 0 Å². The standard InChI is InChI=1S/C16H20N6O/c1-2-16(23)22-7-3-4-12(11-22)13-8-20-15(10-19-13)21-14-9-17-5-6-18-14/h5-6,8-10,12H,2-4,7,11H2,1H3,(H,18,20,21)/t12-/m0/s1. The summed E-state index contributed by atoms with van der Waals surface area (Å²) in [5.74, 6) is 1.74. The predicted octanol–water partition coefficient (Wildman–Crippen LogP) is 2.13. The summed E-state index contributed by atoms with van der Waals surface area (Å²) in [6.45, 7) is 3.49. The minimum absolute atomic E-state index is 0.212. The van der Waals surface area contributed by atoms with Gasteiger partial charge in [-0.15, -0.1) is 0 Å². The van der Waals surface area contributed by atoms with Crippen molar-refractivity contribution >= 4 is 17.5 Å². The van der Waals surface area contributed by atoms with Crippen LogP contribution in [0.5, 0.6) is 0 Å². The molecular formula is C16H20N6O. The van der Waals surface area contributed by atoms with Gasteiger partial charge in [0, 0.05) is 37.8 Å². The first-order valence-corrected chi connectivity index (χ1v) is 7.89. The van der Waals surface area contributed by atoms with Gasteiger partial charge in [-0.25, -0.2) is 9.97 Å². The molecule has 1 aliphatic rings. The summed E-state index contributed by atoms with van der Waals surface area (Å²) >= 11 is 0. The van der Waals surface area contributed by atoms with E-state index < -0.39 is 0 Å². The Bertz CT molecular complexity index is 645. The number of piperidine rings is 1. The van der Waals surface area contributed by atoms with E-state index in [1.807, 2.05) is 11.8 Å². The van der Waals surface area contributed by atoms with Crippen LogP contribution in [0.25, 0.3) is 0 Å². The zero-order valence-corrected chi connectivity index (χ0v) is 13.1. The van der Waals surface area contributed by atoms with E-state index in [0.29, 0.717) is 18.1 Å². The van der Waals surface area contributed by atoms with Gasteiger partial charge in [-0.1, -0.05) is 6.92 Å². The van der Waals surface area contributed by atoms with Gasteiger partial charge in [-0.3, -0.25) is 14.8 Å². The number of rotatable bonds is 4. The van der Waals surface area contributed by atoms with E-state index in [4.69, 9.17) is 0 Å². The minimum Gasteiger partial charge on any atom is -0.342 e. The lowest BCUT2D eigenvalue weighted by molar-refractivity contribution is -0.132. The molecule has 120 valence electrons. The van der Waals surface area contributed by atoms with Crippen LogP contribution >= 0.6 is 0 Å². The van der Waals surface area contributed by atoms with E-state index in [2.05, 4.69) is 25.3 Å². The molecule has 1 aliphatic heterocycles. The van der Waals surface area contributed by atoms with Crippen LogP contribution in [0, 0.1) is 0 Å². The maximum atomic E-state index is 11.9. The number of hydrogen-bond donors (Lipinski definition) is 1. The number of anilines is 2. The largest absolute Gasteiger partial charge is 0.342 e. The molecule has 0 spiro atoms. The van der Waals surface area contributed by atoms with Crippen LogP contribution in [-0.4, -0.2) is 43.8 Å². The maximum Gasteiger partial charge on any atom is 0.222 e. The number of nitrogens with one attached hydrogen (secondary N) is 1. The lowest BCUT2D eigenvalue weighted by atomic mass is 9.95. The Labute approximate surface area is 135 Å². The molecule has 1 N–H and O–H groups in total. The maximum absolute atomic E-state index is 11.9. The van der Waals surface area contributed by atoms with Crippen molar-refractivity contribution in [2.45, 2.75) is 32.1 Å². The number of nitrogens with zero attached hydrogens (tertiary/aromatic N) is 5. The molecule has 0 radical (unpaired) electrons. The molecule has 0 aromatic carbocycles. The van der Waals surface area contributed by atoms with Crippen molar-refractivity contribution in [1.82, 2.24) is 24.8 Å². The van der Waals surface area contributed by atoms with Crippen molar-refractivity contribution in [3.05, 3.63) is 36.7 Å². The van der Waals surface area contributed by atoms with Crippen LogP contribution in [0.3, 0.4) is 0 Å². The summed E-state index contributed by atoms with van der Waals surface area (Å²) in [5.41, 5.74) is 0.934. The van der Waals surface area contributed by atoms with E-state index in [1.54, 1.807) is 31.0 Å². The number of aromatic nitrogens is 4. The first kappa shape index (κ1) is 15.3. The summed E-state index contributed by atoms with van der Waals surface area (Å²) in [7, 11) is 0. The van der Waals surface area contributed by atoms with Gasteiger partial charge in [0.05, 0.1) is 24.3 Å². The highest BCUT2D eigenvalue weighted by Gasteiger charge is 2.24. The van der Waals surface area contributed by atoms with E-state index in [9.17, 15) is 4.79 Å². The van der Waals surface area contributed by atoms with E-state index in [-0.39, 0.29) is 11.8 Å². The average Bonchev–Trinajstić information content (AvgIpc) is 2.62. The molecule has 1 atom stereocenters. The molecule has 3 heterocycles. The number of carbonyl (C=O) groups is 1. The molecule has 1 amide bonds. The number of carbonyl (C=O) groups excluding carboxylic acids is 1. The van der Waals surface area contributed by atoms with Gasteiger partial charge in [-0.2, -0.15) is 0 Å². The van der Waals surface area contributed by atoms with Gasteiger partial charge in [0.2, 0.25) is 5.91 Å². The molecule has 1 fully saturated rings. The van der Waals surface area contributed by atoms with Crippen LogP contribution in [0.2, 0.25) is 0 Å². The molecule has 2 aromatic rings. The second-order valence-electron chi connectivity index (χ2n) is 5.57. The van der Waals surface area contributed by atoms with E-state index in [1.165, 1.54) is 0 Å². The molecule has 7 heteroatoms. The van der Waals surface area contributed by atoms with E-state index in [0.717, 1.165) is 31.6 Å². The number of amides is 1. The molecule has 0 aliphatic carbocycles. The summed E-state index contributed by atoms with van der Waals surface area (Å²) in [5, 5.41) is 3.06. The normalized spacial score (nSPS) is 17.8. The summed E-state index contributed by atoms with van der Waals surface area (Å²) in [6, 6.07) is 0. The Hall–Kier alpha value is -2.57. The lowest BCUT2D eigenvalue weighted by Crippen LogP contribution is -2.38. The fourth-order valence-electron chi connectivity index (χ4n) is 2.78. The Morgan fingerprint density at radius 2 is 2.09 bits per heavy atom. The quantitative estimate of drug-likeness (QED) is 0.931. The van der Waals surface area contributed by atoms with Gasteiger partial charge in [-0.05, 0) is 12.8 Å². The molecule has 3 rings (SSSR count). The van der Waals surface area contributed by atoms with Gasteiger partial charge >= 0.3 is 0 Å². The van der Waals surface area contributed by atoms with Gasteiger partial charge in [0.15, 0.2) is 0 Å². The predicted molar refractivity (Wildman–Crippen MR) is 86.2 cm³/mol. The zero-order chi connectivity index (χ0) is 16.1. The summed E-state index contributed by atoms with van der Waals surface area (Å²) in [6.07, 6.45) is 11.0. The SMILES string of the molecule is CCC(=O)N1CCC[C@H](c2cnc(Nc3cnccn3)cn2)C1. The van der Waals surface area contributed by atoms with E-state index >= 15 is 0 Å². The highest BCUT2D eigenvalue weighted by molar-refractivity contribution is 5.76. The molecular weight excluding hydrogens is 292 g/mol. The third kappa shape index (κ3) is 3.80. The molecule has 0 saturated carbocycles. The highest BCUT2D eigenvalue weighted by atomic mass is 16.2. The third-order valence-electron chi connectivity index (χ3n) is 3.99. The Balaban J connectivity index is 1.66. The topological polar surface area (TPSA) is 83.9 Å². The number of likely N-dealkylation sites (tertiary alicyclic amines) is 1. The monoisotopic (exact) mass is 312 g/mol. The second kappa shape index (κ2) is 7.13. The van der Waals surface area contributed by atoms with Crippen molar-refractivity contribution in [3.63, 3.8) is 0 Å². The Morgan fingerprint density at radius 1 is 1.22 bits per heavy atom. The van der Waals surface area contributed by atoms with Crippen molar-refractivity contribution in [2.75, 3.05) is 18.4 Å². The third-order valence-corrected chi connectivity index (χ3v) is 3.99. The number of hydrogen-bond acceptors (Lipinski definition) is 6. The molecule has 7 nitrogen and oxygen atoms in total. The van der Waals surface area contributed by atoms with Crippen LogP contribution in [-0.2, 0) is 4.79 Å². The molecule has 1 saturated heterocycles. The first-order valence-electron chi connectivity index (χ1n) is 7.89. The summed E-state index contributed by atoms with van der Waals surface area (Å²) in [4.78, 5) is 30.8. The highest BCUT2D eigenvalue weighted by Crippen LogP contribution is 2.26. The van der Waals surface area contributed by atoms with Crippen molar-refractivity contribution in [3.8, 4) is 0 Å². The smallest absolute Gasteiger partial charge is 0.222 e. The second-order valence-corrected chi connectivity index (χ2v) is 5.57. The molecule has 0 bridgehead atoms. The fourth-order valence-corrected chi connectivity index (χ4v) is 2.78. The van der Waals surface area contributed by atoms with Crippen molar-refractivity contribution < 1.29 is 4.79 Å².